The van der Waals surface area contributed by atoms with Gasteiger partial charge in [0, 0.05) is 21.0 Å². The number of rotatable bonds is 10. The van der Waals surface area contributed by atoms with Gasteiger partial charge >= 0.3 is 5.97 Å². The van der Waals surface area contributed by atoms with E-state index in [1.165, 1.54) is 7.11 Å². The predicted octanol–water partition coefficient (Wildman–Crippen LogP) is -6.54. The van der Waals surface area contributed by atoms with Gasteiger partial charge in [0.25, 0.3) is 0 Å². The molecule has 42 heavy (non-hydrogen) atoms. The molecule has 0 aromatic heterocycles. The maximum atomic E-state index is 12.2. The van der Waals surface area contributed by atoms with E-state index in [-0.39, 0.29) is 0 Å². The van der Waals surface area contributed by atoms with Crippen LogP contribution in [0.2, 0.25) is 0 Å². The molecule has 3 rings (SSSR count). The number of aliphatic hydroxyl groups is 7. The van der Waals surface area contributed by atoms with Crippen LogP contribution in [0.25, 0.3) is 0 Å². The highest BCUT2D eigenvalue weighted by molar-refractivity contribution is 5.74. The van der Waals surface area contributed by atoms with Gasteiger partial charge in [0.1, 0.15) is 67.0 Å². The molecule has 0 spiro atoms. The molecule has 3 fully saturated rings. The number of hydrogen-bond donors (Lipinski definition) is 10. The number of nitrogens with one attached hydrogen (secondary N) is 2. The number of aliphatic carboxylic acids is 1. The van der Waals surface area contributed by atoms with Crippen molar-refractivity contribution in [3.05, 3.63) is 0 Å². The fourth-order valence-corrected chi connectivity index (χ4v) is 5.10. The number of amides is 2. The third kappa shape index (κ3) is 7.33. The van der Waals surface area contributed by atoms with Gasteiger partial charge in [-0.2, -0.15) is 0 Å². The molecule has 19 nitrogen and oxygen atoms in total. The van der Waals surface area contributed by atoms with Crippen molar-refractivity contribution >= 4 is 17.8 Å². The first kappa shape index (κ1) is 34.4. The fourth-order valence-electron chi connectivity index (χ4n) is 5.10. The first-order valence-electron chi connectivity index (χ1n) is 12.9. The quantitative estimate of drug-likeness (QED) is 0.109. The molecule has 2 amide bonds. The maximum absolute atomic E-state index is 12.2. The second-order valence-electron chi connectivity index (χ2n) is 10.1. The van der Waals surface area contributed by atoms with Crippen LogP contribution in [0.4, 0.5) is 0 Å². The lowest BCUT2D eigenvalue weighted by atomic mass is 9.94. The number of ether oxygens (including phenoxy) is 6. The van der Waals surface area contributed by atoms with E-state index in [2.05, 4.69) is 10.6 Å². The molecule has 10 N–H and O–H groups in total. The van der Waals surface area contributed by atoms with Crippen LogP contribution in [0.1, 0.15) is 13.8 Å². The number of carboxylic acids is 1. The van der Waals surface area contributed by atoms with E-state index in [4.69, 9.17) is 28.4 Å². The summed E-state index contributed by atoms with van der Waals surface area (Å²) in [6.07, 6.45) is -22.4. The molecule has 0 aliphatic carbocycles. The van der Waals surface area contributed by atoms with Crippen molar-refractivity contribution in [2.75, 3.05) is 20.3 Å². The Morgan fingerprint density at radius 1 is 0.690 bits per heavy atom. The average Bonchev–Trinajstić information content (AvgIpc) is 2.92. The number of carboxylic acid groups (broad SMARTS) is 1. The zero-order valence-electron chi connectivity index (χ0n) is 22.8. The highest BCUT2D eigenvalue weighted by Crippen LogP contribution is 2.33. The van der Waals surface area contributed by atoms with Crippen LogP contribution in [0.5, 0.6) is 0 Å². The van der Waals surface area contributed by atoms with Gasteiger partial charge < -0.3 is 79.9 Å². The van der Waals surface area contributed by atoms with Gasteiger partial charge in [-0.1, -0.05) is 0 Å². The molecule has 0 radical (unpaired) electrons. The Morgan fingerprint density at radius 2 is 1.21 bits per heavy atom. The monoisotopic (exact) mass is 614 g/mol. The first-order valence-corrected chi connectivity index (χ1v) is 12.9. The normalized spacial score (nSPS) is 44.3. The minimum absolute atomic E-state index is 0.621. The molecular formula is C23H38N2O17. The van der Waals surface area contributed by atoms with Gasteiger partial charge in [-0.3, -0.25) is 9.59 Å². The van der Waals surface area contributed by atoms with Crippen molar-refractivity contribution in [1.29, 1.82) is 0 Å². The van der Waals surface area contributed by atoms with E-state index < -0.39 is 123 Å². The molecule has 0 saturated carbocycles. The smallest absolute Gasteiger partial charge is 0.335 e. The molecule has 3 aliphatic heterocycles. The average molecular weight is 615 g/mol. The Kier molecular flexibility index (Phi) is 11.9. The Balaban J connectivity index is 1.87. The van der Waals surface area contributed by atoms with Crippen LogP contribution in [0.15, 0.2) is 0 Å². The lowest BCUT2D eigenvalue weighted by Crippen LogP contribution is -2.69. The highest BCUT2D eigenvalue weighted by atomic mass is 16.7. The number of methoxy groups -OCH3 is 1. The summed E-state index contributed by atoms with van der Waals surface area (Å²) in [6.45, 7) is 0.693. The molecule has 3 saturated heterocycles. The second-order valence-corrected chi connectivity index (χ2v) is 10.1. The van der Waals surface area contributed by atoms with Crippen molar-refractivity contribution in [3.8, 4) is 0 Å². The Morgan fingerprint density at radius 3 is 1.74 bits per heavy atom. The molecule has 6 unspecified atom stereocenters. The van der Waals surface area contributed by atoms with Gasteiger partial charge in [0.2, 0.25) is 11.8 Å². The molecule has 3 aliphatic rings. The van der Waals surface area contributed by atoms with E-state index >= 15 is 0 Å². The fraction of sp³-hybridized carbons (Fsp3) is 0.870. The van der Waals surface area contributed by atoms with Gasteiger partial charge in [0.15, 0.2) is 25.0 Å². The number of carbonyl (C=O) groups excluding carboxylic acids is 2. The van der Waals surface area contributed by atoms with E-state index in [9.17, 15) is 55.2 Å². The van der Waals surface area contributed by atoms with Crippen molar-refractivity contribution in [2.45, 2.75) is 106 Å². The number of aliphatic hydroxyl groups excluding tert-OH is 7. The third-order valence-electron chi connectivity index (χ3n) is 7.11. The minimum atomic E-state index is -2.10. The van der Waals surface area contributed by atoms with Crippen LogP contribution in [0.3, 0.4) is 0 Å². The SMILES string of the molecule is CO[C@@H]1C(NC(C)=O)[C@H](O[C@@H]2C(C(=O)O)O[C@@H](O[C@@H]3C(NC(C)=O)[C@H](O)OC(CO)[C@H]3O)C(O)[C@H]2O)OC(CO)[C@H]1O. The maximum Gasteiger partial charge on any atom is 0.335 e. The van der Waals surface area contributed by atoms with Crippen LogP contribution < -0.4 is 10.6 Å². The molecule has 0 aromatic rings. The van der Waals surface area contributed by atoms with Crippen molar-refractivity contribution < 1.29 is 83.7 Å². The molecule has 0 bridgehead atoms. The summed E-state index contributed by atoms with van der Waals surface area (Å²) in [4.78, 5) is 35.7. The molecule has 15 atom stereocenters. The Labute approximate surface area is 238 Å². The zero-order chi connectivity index (χ0) is 31.5. The highest BCUT2D eigenvalue weighted by Gasteiger charge is 2.55. The van der Waals surface area contributed by atoms with Gasteiger partial charge in [-0.25, -0.2) is 4.79 Å². The summed E-state index contributed by atoms with van der Waals surface area (Å²) >= 11 is 0. The number of hydrogen-bond acceptors (Lipinski definition) is 16. The standard InChI is InChI=1S/C23H38N2O17/c1-6(28)24-10-17(13(31)8(4-26)38-21(10)36)40-23-15(33)14(32)18(19(42-23)20(34)35)41-22-11(25-7(2)29)16(37-3)12(30)9(5-27)39-22/h8-19,21-23,26-27,30-33,36H,4-5H2,1-3H3,(H,24,28)(H,25,29)(H,34,35)/t8?,9?,10?,11?,12-,13-,14-,15?,16-,17-,18+,19?,21-,22+,23-/m1/s1. The van der Waals surface area contributed by atoms with E-state index in [1.807, 2.05) is 0 Å². The van der Waals surface area contributed by atoms with E-state index in [0.29, 0.717) is 0 Å². The molecule has 19 heteroatoms. The van der Waals surface area contributed by atoms with Crippen LogP contribution in [-0.2, 0) is 42.8 Å². The van der Waals surface area contributed by atoms with Gasteiger partial charge in [0.05, 0.1) is 13.2 Å². The van der Waals surface area contributed by atoms with E-state index in [0.717, 1.165) is 13.8 Å². The van der Waals surface area contributed by atoms with E-state index in [1.54, 1.807) is 0 Å². The molecule has 3 heterocycles. The predicted molar refractivity (Wildman–Crippen MR) is 130 cm³/mol. The van der Waals surface area contributed by atoms with Crippen LogP contribution in [0, 0.1) is 0 Å². The molecule has 242 valence electrons. The summed E-state index contributed by atoms with van der Waals surface area (Å²) in [5.74, 6) is -3.02. The van der Waals surface area contributed by atoms with Gasteiger partial charge in [-0.05, 0) is 0 Å². The van der Waals surface area contributed by atoms with Gasteiger partial charge in [-0.15, -0.1) is 0 Å². The second kappa shape index (κ2) is 14.6. The summed E-state index contributed by atoms with van der Waals surface area (Å²) in [5.41, 5.74) is 0. The van der Waals surface area contributed by atoms with Crippen LogP contribution >= 0.6 is 0 Å². The molecule has 0 aromatic carbocycles. The minimum Gasteiger partial charge on any atom is -0.479 e. The van der Waals surface area contributed by atoms with Crippen LogP contribution in [-0.4, -0.2) is 171 Å². The van der Waals surface area contributed by atoms with Crippen molar-refractivity contribution in [1.82, 2.24) is 10.6 Å². The summed E-state index contributed by atoms with van der Waals surface area (Å²) in [5, 5.41) is 87.0. The molecular weight excluding hydrogens is 576 g/mol. The lowest BCUT2D eigenvalue weighted by Gasteiger charge is -2.48. The van der Waals surface area contributed by atoms with Crippen molar-refractivity contribution in [2.24, 2.45) is 0 Å². The van der Waals surface area contributed by atoms with Crippen molar-refractivity contribution in [3.63, 3.8) is 0 Å². The Bertz CT molecular complexity index is 943. The summed E-state index contributed by atoms with van der Waals surface area (Å²) in [7, 11) is 1.20. The third-order valence-corrected chi connectivity index (χ3v) is 7.11. The lowest BCUT2D eigenvalue weighted by molar-refractivity contribution is -0.359. The zero-order valence-corrected chi connectivity index (χ0v) is 22.8. The largest absolute Gasteiger partial charge is 0.479 e. The number of carbonyl (C=O) groups is 3. The topological polar surface area (TPSA) is 292 Å². The summed E-state index contributed by atoms with van der Waals surface area (Å²) < 4.78 is 32.5. The summed E-state index contributed by atoms with van der Waals surface area (Å²) in [6, 6.07) is -2.77. The first-order chi connectivity index (χ1) is 19.7. The Hall–Kier alpha value is -2.11.